The van der Waals surface area contributed by atoms with Crippen LogP contribution in [0, 0.1) is 5.41 Å². The number of likely N-dealkylation sites (tertiary alicyclic amines) is 1. The van der Waals surface area contributed by atoms with Gasteiger partial charge in [-0.05, 0) is 49.8 Å². The zero-order valence-corrected chi connectivity index (χ0v) is 18.3. The van der Waals surface area contributed by atoms with Gasteiger partial charge in [0.2, 0.25) is 0 Å². The molecule has 1 unspecified atom stereocenters. The number of aromatic amines is 1. The SMILES string of the molecule is CC1(C)CCc2c(C(=O)Nc3cnn(C(CN4CCC4)c4ccccc4)c3)n[nH]c2C1. The van der Waals surface area contributed by atoms with Gasteiger partial charge in [0, 0.05) is 24.0 Å². The van der Waals surface area contributed by atoms with Crippen LogP contribution in [0.4, 0.5) is 5.69 Å². The third-order valence-corrected chi connectivity index (χ3v) is 6.62. The number of nitrogens with one attached hydrogen (secondary N) is 2. The van der Waals surface area contributed by atoms with Gasteiger partial charge in [-0.25, -0.2) is 0 Å². The van der Waals surface area contributed by atoms with Gasteiger partial charge < -0.3 is 10.2 Å². The molecule has 1 aliphatic carbocycles. The van der Waals surface area contributed by atoms with E-state index in [0.717, 1.165) is 50.2 Å². The Morgan fingerprint density at radius 2 is 2.06 bits per heavy atom. The van der Waals surface area contributed by atoms with Crippen LogP contribution in [0.15, 0.2) is 42.7 Å². The molecule has 1 amide bonds. The average Bonchev–Trinajstić information content (AvgIpc) is 3.33. The van der Waals surface area contributed by atoms with Gasteiger partial charge >= 0.3 is 0 Å². The number of fused-ring (bicyclic) bond motifs is 1. The summed E-state index contributed by atoms with van der Waals surface area (Å²) < 4.78 is 1.96. The Kier molecular flexibility index (Phi) is 5.14. The molecule has 7 nitrogen and oxygen atoms in total. The molecule has 7 heteroatoms. The third-order valence-electron chi connectivity index (χ3n) is 6.62. The van der Waals surface area contributed by atoms with Crippen LogP contribution in [0.25, 0.3) is 0 Å². The number of carbonyl (C=O) groups excluding carboxylic acids is 1. The highest BCUT2D eigenvalue weighted by atomic mass is 16.2. The smallest absolute Gasteiger partial charge is 0.276 e. The van der Waals surface area contributed by atoms with Crippen LogP contribution in [0.2, 0.25) is 0 Å². The first kappa shape index (κ1) is 20.0. The van der Waals surface area contributed by atoms with Crippen molar-refractivity contribution in [3.05, 3.63) is 65.2 Å². The number of nitrogens with zero attached hydrogens (tertiary/aromatic N) is 4. The molecule has 0 saturated carbocycles. The summed E-state index contributed by atoms with van der Waals surface area (Å²) >= 11 is 0. The molecule has 5 rings (SSSR count). The van der Waals surface area contributed by atoms with E-state index < -0.39 is 0 Å². The molecule has 2 N–H and O–H groups in total. The van der Waals surface area contributed by atoms with Crippen LogP contribution >= 0.6 is 0 Å². The maximum absolute atomic E-state index is 13.0. The lowest BCUT2D eigenvalue weighted by Gasteiger charge is -2.34. The number of amides is 1. The van der Waals surface area contributed by atoms with E-state index in [4.69, 9.17) is 0 Å². The maximum atomic E-state index is 13.0. The molecule has 3 aromatic rings. The molecule has 0 radical (unpaired) electrons. The molecule has 2 aliphatic rings. The first-order chi connectivity index (χ1) is 15.0. The van der Waals surface area contributed by atoms with Crippen molar-refractivity contribution in [3.63, 3.8) is 0 Å². The van der Waals surface area contributed by atoms with E-state index in [2.05, 4.69) is 63.6 Å². The summed E-state index contributed by atoms with van der Waals surface area (Å²) in [7, 11) is 0. The van der Waals surface area contributed by atoms with Crippen LogP contribution in [-0.4, -0.2) is 50.4 Å². The molecule has 31 heavy (non-hydrogen) atoms. The summed E-state index contributed by atoms with van der Waals surface area (Å²) in [6.45, 7) is 7.70. The zero-order chi connectivity index (χ0) is 21.4. The highest BCUT2D eigenvalue weighted by molar-refractivity contribution is 6.03. The van der Waals surface area contributed by atoms with Gasteiger partial charge in [0.15, 0.2) is 5.69 Å². The first-order valence-electron chi connectivity index (χ1n) is 11.2. The summed E-state index contributed by atoms with van der Waals surface area (Å²) in [5.74, 6) is -0.171. The number of rotatable bonds is 6. The molecular weight excluding hydrogens is 388 g/mol. The van der Waals surface area contributed by atoms with Crippen LogP contribution in [0.1, 0.15) is 60.0 Å². The van der Waals surface area contributed by atoms with Gasteiger partial charge in [-0.2, -0.15) is 10.2 Å². The molecular formula is C24H30N6O. The second-order valence-electron chi connectivity index (χ2n) is 9.61. The summed E-state index contributed by atoms with van der Waals surface area (Å²) in [6, 6.07) is 10.6. The number of hydrogen-bond donors (Lipinski definition) is 2. The van der Waals surface area contributed by atoms with Gasteiger partial charge in [0.05, 0.1) is 17.9 Å². The van der Waals surface area contributed by atoms with Gasteiger partial charge in [0.1, 0.15) is 0 Å². The number of aromatic nitrogens is 4. The minimum absolute atomic E-state index is 0.118. The molecule has 3 heterocycles. The summed E-state index contributed by atoms with van der Waals surface area (Å²) in [5, 5.41) is 15.0. The fourth-order valence-corrected chi connectivity index (χ4v) is 4.62. The molecule has 1 aliphatic heterocycles. The van der Waals surface area contributed by atoms with E-state index in [0.29, 0.717) is 11.4 Å². The molecule has 2 aromatic heterocycles. The molecule has 1 atom stereocenters. The number of carbonyl (C=O) groups is 1. The molecule has 1 saturated heterocycles. The van der Waals surface area contributed by atoms with Crippen molar-refractivity contribution >= 4 is 11.6 Å². The Labute approximate surface area is 182 Å². The normalized spacial score (nSPS) is 18.8. The molecule has 0 spiro atoms. The molecule has 0 bridgehead atoms. The Hall–Kier alpha value is -2.93. The largest absolute Gasteiger partial charge is 0.318 e. The summed E-state index contributed by atoms with van der Waals surface area (Å²) in [5.41, 5.74) is 4.83. The highest BCUT2D eigenvalue weighted by Gasteiger charge is 2.31. The van der Waals surface area contributed by atoms with Gasteiger partial charge in [-0.1, -0.05) is 44.2 Å². The van der Waals surface area contributed by atoms with Crippen molar-refractivity contribution in [2.24, 2.45) is 5.41 Å². The first-order valence-corrected chi connectivity index (χ1v) is 11.2. The van der Waals surface area contributed by atoms with Crippen LogP contribution < -0.4 is 5.32 Å². The van der Waals surface area contributed by atoms with E-state index in [1.54, 1.807) is 6.20 Å². The lowest BCUT2D eigenvalue weighted by atomic mass is 9.76. The Morgan fingerprint density at radius 1 is 1.26 bits per heavy atom. The van der Waals surface area contributed by atoms with Crippen molar-refractivity contribution in [2.45, 2.75) is 45.6 Å². The lowest BCUT2D eigenvalue weighted by molar-refractivity contribution is 0.102. The predicted octanol–water partition coefficient (Wildman–Crippen LogP) is 3.67. The molecule has 1 fully saturated rings. The van der Waals surface area contributed by atoms with Crippen LogP contribution in [0.3, 0.4) is 0 Å². The number of hydrogen-bond acceptors (Lipinski definition) is 4. The van der Waals surface area contributed by atoms with E-state index in [1.807, 2.05) is 16.9 Å². The predicted molar refractivity (Wildman–Crippen MR) is 120 cm³/mol. The van der Waals surface area contributed by atoms with Crippen LogP contribution in [0.5, 0.6) is 0 Å². The monoisotopic (exact) mass is 418 g/mol. The minimum atomic E-state index is -0.171. The molecule has 162 valence electrons. The minimum Gasteiger partial charge on any atom is -0.318 e. The van der Waals surface area contributed by atoms with Crippen molar-refractivity contribution in [3.8, 4) is 0 Å². The maximum Gasteiger partial charge on any atom is 0.276 e. The number of H-pyrrole nitrogens is 1. The van der Waals surface area contributed by atoms with E-state index >= 15 is 0 Å². The fraction of sp³-hybridized carbons (Fsp3) is 0.458. The Bertz CT molecular complexity index is 1060. The van der Waals surface area contributed by atoms with E-state index in [-0.39, 0.29) is 17.4 Å². The van der Waals surface area contributed by atoms with Gasteiger partial charge in [-0.15, -0.1) is 0 Å². The fourth-order valence-electron chi connectivity index (χ4n) is 4.62. The average molecular weight is 419 g/mol. The third kappa shape index (κ3) is 4.14. The Balaban J connectivity index is 1.33. The van der Waals surface area contributed by atoms with Crippen molar-refractivity contribution in [1.82, 2.24) is 24.9 Å². The molecule has 1 aromatic carbocycles. The highest BCUT2D eigenvalue weighted by Crippen LogP contribution is 2.35. The van der Waals surface area contributed by atoms with Crippen molar-refractivity contribution < 1.29 is 4.79 Å². The quantitative estimate of drug-likeness (QED) is 0.640. The van der Waals surface area contributed by atoms with E-state index in [1.165, 1.54) is 12.0 Å². The summed E-state index contributed by atoms with van der Waals surface area (Å²) in [6.07, 6.45) is 7.78. The van der Waals surface area contributed by atoms with Gasteiger partial charge in [-0.3, -0.25) is 14.6 Å². The summed E-state index contributed by atoms with van der Waals surface area (Å²) in [4.78, 5) is 15.4. The van der Waals surface area contributed by atoms with Crippen molar-refractivity contribution in [2.75, 3.05) is 25.0 Å². The standard InChI is InChI=1S/C24H30N6O/c1-24(2)10-9-19-20(13-24)27-28-22(19)23(31)26-18-14-25-30(15-18)21(16-29-11-6-12-29)17-7-4-3-5-8-17/h3-5,7-8,14-15,21H,6,9-13,16H2,1-2H3,(H,26,31)(H,27,28). The van der Waals surface area contributed by atoms with Crippen molar-refractivity contribution in [1.29, 1.82) is 0 Å². The zero-order valence-electron chi connectivity index (χ0n) is 18.3. The second-order valence-corrected chi connectivity index (χ2v) is 9.61. The lowest BCUT2D eigenvalue weighted by Crippen LogP contribution is -2.41. The number of anilines is 1. The van der Waals surface area contributed by atoms with Crippen LogP contribution in [-0.2, 0) is 12.8 Å². The Morgan fingerprint density at radius 3 is 2.81 bits per heavy atom. The topological polar surface area (TPSA) is 78.8 Å². The van der Waals surface area contributed by atoms with Gasteiger partial charge in [0.25, 0.3) is 5.91 Å². The number of benzene rings is 1. The second kappa shape index (κ2) is 7.96. The van der Waals surface area contributed by atoms with E-state index in [9.17, 15) is 4.79 Å².